The highest BCUT2D eigenvalue weighted by molar-refractivity contribution is 5.77. The normalized spacial score (nSPS) is 11.2. The average Bonchev–Trinajstić information content (AvgIpc) is 2.87. The molecule has 0 saturated carbocycles. The van der Waals surface area contributed by atoms with E-state index in [1.165, 1.54) is 31.3 Å². The van der Waals surface area contributed by atoms with E-state index in [2.05, 4.69) is 11.1 Å². The number of hydrogen-bond donors (Lipinski definition) is 2. The molecule has 2 aromatic rings. The SMILES string of the molecule is C=O.CC(C)(C)OC(CCCCNCOCc1ccccc1)C(=O)Oc1ccc([N+](=O)[O-])cc1.CN. The second-order valence-corrected chi connectivity index (χ2v) is 8.37. The summed E-state index contributed by atoms with van der Waals surface area (Å²) < 4.78 is 16.9. The molecule has 0 aromatic heterocycles. The number of carbonyl (C=O) groups excluding carboxylic acids is 2. The van der Waals surface area contributed by atoms with E-state index in [1.54, 1.807) is 0 Å². The molecule has 1 unspecified atom stereocenters. The molecule has 10 heteroatoms. The highest BCUT2D eigenvalue weighted by Crippen LogP contribution is 2.21. The molecule has 1 atom stereocenters. The molecule has 0 aliphatic rings. The molecule has 0 amide bonds. The monoisotopic (exact) mass is 505 g/mol. The van der Waals surface area contributed by atoms with Crippen LogP contribution in [0.5, 0.6) is 5.75 Å². The topological polar surface area (TPSA) is 143 Å². The molecular weight excluding hydrogens is 466 g/mol. The van der Waals surface area contributed by atoms with E-state index in [9.17, 15) is 14.9 Å². The molecule has 0 saturated heterocycles. The summed E-state index contributed by atoms with van der Waals surface area (Å²) in [7, 11) is 1.50. The van der Waals surface area contributed by atoms with Crippen LogP contribution in [0.1, 0.15) is 45.6 Å². The lowest BCUT2D eigenvalue weighted by molar-refractivity contribution is -0.384. The maximum absolute atomic E-state index is 12.6. The van der Waals surface area contributed by atoms with Crippen LogP contribution in [0.2, 0.25) is 0 Å². The third kappa shape index (κ3) is 14.9. The number of benzene rings is 2. The van der Waals surface area contributed by atoms with E-state index in [-0.39, 0.29) is 11.4 Å². The van der Waals surface area contributed by atoms with Gasteiger partial charge >= 0.3 is 5.97 Å². The van der Waals surface area contributed by atoms with Gasteiger partial charge in [0.15, 0.2) is 6.10 Å². The summed E-state index contributed by atoms with van der Waals surface area (Å²) >= 11 is 0. The van der Waals surface area contributed by atoms with Gasteiger partial charge in [-0.25, -0.2) is 4.79 Å². The molecule has 0 spiro atoms. The summed E-state index contributed by atoms with van der Waals surface area (Å²) in [5.41, 5.74) is 5.05. The second-order valence-electron chi connectivity index (χ2n) is 8.37. The fourth-order valence-corrected chi connectivity index (χ4v) is 2.94. The van der Waals surface area contributed by atoms with Gasteiger partial charge in [0.2, 0.25) is 0 Å². The molecule has 0 aliphatic heterocycles. The first kappa shape index (κ1) is 32.8. The smallest absolute Gasteiger partial charge is 0.340 e. The third-order valence-electron chi connectivity index (χ3n) is 4.41. The van der Waals surface area contributed by atoms with Crippen LogP contribution in [0.25, 0.3) is 0 Å². The number of carbonyl (C=O) groups is 2. The van der Waals surface area contributed by atoms with E-state index in [1.807, 2.05) is 57.9 Å². The van der Waals surface area contributed by atoms with Crippen LogP contribution in [0.4, 0.5) is 5.69 Å². The van der Waals surface area contributed by atoms with Gasteiger partial charge in [0.05, 0.1) is 23.9 Å². The van der Waals surface area contributed by atoms with Crippen molar-refractivity contribution in [2.24, 2.45) is 5.73 Å². The lowest BCUT2D eigenvalue weighted by Crippen LogP contribution is -2.36. The van der Waals surface area contributed by atoms with Crippen LogP contribution >= 0.6 is 0 Å². The Morgan fingerprint density at radius 1 is 1.06 bits per heavy atom. The van der Waals surface area contributed by atoms with Crippen LogP contribution in [0.3, 0.4) is 0 Å². The molecule has 36 heavy (non-hydrogen) atoms. The van der Waals surface area contributed by atoms with Crippen molar-refractivity contribution in [2.75, 3.05) is 20.3 Å². The fourth-order valence-electron chi connectivity index (χ4n) is 2.94. The number of unbranched alkanes of at least 4 members (excludes halogenated alkanes) is 1. The molecule has 0 heterocycles. The van der Waals surface area contributed by atoms with Crippen molar-refractivity contribution in [1.82, 2.24) is 5.32 Å². The van der Waals surface area contributed by atoms with E-state index in [0.29, 0.717) is 19.8 Å². The first-order valence-electron chi connectivity index (χ1n) is 11.6. The van der Waals surface area contributed by atoms with Gasteiger partial charge in [-0.2, -0.15) is 0 Å². The maximum Gasteiger partial charge on any atom is 0.340 e. The summed E-state index contributed by atoms with van der Waals surface area (Å²) in [6, 6.07) is 15.4. The molecule has 0 aliphatic carbocycles. The van der Waals surface area contributed by atoms with Crippen LogP contribution in [0.15, 0.2) is 54.6 Å². The Morgan fingerprint density at radius 2 is 1.67 bits per heavy atom. The summed E-state index contributed by atoms with van der Waals surface area (Å²) in [5, 5.41) is 14.0. The van der Waals surface area contributed by atoms with Crippen molar-refractivity contribution in [2.45, 2.75) is 58.3 Å². The number of non-ortho nitro benzene ring substituents is 1. The lowest BCUT2D eigenvalue weighted by Gasteiger charge is -2.26. The summed E-state index contributed by atoms with van der Waals surface area (Å²) in [5.74, 6) is -0.256. The van der Waals surface area contributed by atoms with Gasteiger partial charge in [-0.05, 0) is 71.3 Å². The van der Waals surface area contributed by atoms with Crippen molar-refractivity contribution in [1.29, 1.82) is 0 Å². The van der Waals surface area contributed by atoms with E-state index in [0.717, 1.165) is 24.9 Å². The number of rotatable bonds is 13. The zero-order valence-electron chi connectivity index (χ0n) is 21.6. The minimum atomic E-state index is -0.723. The number of nitro benzene ring substituents is 1. The average molecular weight is 506 g/mol. The fraction of sp³-hybridized carbons (Fsp3) is 0.462. The molecule has 200 valence electrons. The molecular formula is C26H39N3O7. The van der Waals surface area contributed by atoms with E-state index < -0.39 is 22.6 Å². The Kier molecular flexibility index (Phi) is 17.4. The Balaban J connectivity index is 0.00000291. The number of nitrogens with one attached hydrogen (secondary N) is 1. The van der Waals surface area contributed by atoms with Crippen molar-refractivity contribution in [3.05, 3.63) is 70.3 Å². The minimum Gasteiger partial charge on any atom is -0.425 e. The van der Waals surface area contributed by atoms with Gasteiger partial charge in [-0.3, -0.25) is 15.4 Å². The summed E-state index contributed by atoms with van der Waals surface area (Å²) in [6.45, 7) is 9.41. The molecule has 0 radical (unpaired) electrons. The number of ether oxygens (including phenoxy) is 3. The number of nitrogens with two attached hydrogens (primary N) is 1. The molecule has 2 aromatic carbocycles. The zero-order chi connectivity index (χ0) is 27.4. The predicted octanol–water partition coefficient (Wildman–Crippen LogP) is 4.01. The lowest BCUT2D eigenvalue weighted by atomic mass is 10.1. The largest absolute Gasteiger partial charge is 0.425 e. The Bertz CT molecular complexity index is 856. The third-order valence-corrected chi connectivity index (χ3v) is 4.41. The van der Waals surface area contributed by atoms with Gasteiger partial charge in [0, 0.05) is 12.1 Å². The minimum absolute atomic E-state index is 0.0625. The Morgan fingerprint density at radius 3 is 2.22 bits per heavy atom. The van der Waals surface area contributed by atoms with Crippen LogP contribution in [-0.4, -0.2) is 49.7 Å². The number of esters is 1. The first-order chi connectivity index (χ1) is 17.2. The highest BCUT2D eigenvalue weighted by Gasteiger charge is 2.27. The Hall–Kier alpha value is -3.18. The van der Waals surface area contributed by atoms with Crippen molar-refractivity contribution >= 4 is 18.4 Å². The van der Waals surface area contributed by atoms with Crippen molar-refractivity contribution in [3.63, 3.8) is 0 Å². The number of hydrogen-bond acceptors (Lipinski definition) is 9. The van der Waals surface area contributed by atoms with Gasteiger partial charge in [0.1, 0.15) is 12.5 Å². The van der Waals surface area contributed by atoms with Crippen LogP contribution in [0, 0.1) is 10.1 Å². The molecule has 0 fully saturated rings. The Labute approximate surface area is 213 Å². The first-order valence-corrected chi connectivity index (χ1v) is 11.6. The standard InChI is InChI=1S/C24H32N2O6.CH5N.CH2O/c1-24(2,3)32-22(23(27)31-21-14-12-20(13-15-21)26(28)29)11-7-8-16-25-18-30-17-19-9-5-4-6-10-19;2*1-2/h4-6,9-10,12-15,22,25H,7-8,11,16-18H2,1-3H3;2H2,1H3;1H2. The molecule has 10 nitrogen and oxygen atoms in total. The van der Waals surface area contributed by atoms with Crippen molar-refractivity contribution < 1.29 is 28.7 Å². The van der Waals surface area contributed by atoms with Gasteiger partial charge in [-0.1, -0.05) is 30.3 Å². The predicted molar refractivity (Wildman–Crippen MR) is 139 cm³/mol. The number of nitrogens with zero attached hydrogens (tertiary/aromatic N) is 1. The highest BCUT2D eigenvalue weighted by atomic mass is 16.6. The maximum atomic E-state index is 12.6. The molecule has 0 bridgehead atoms. The van der Waals surface area contributed by atoms with Gasteiger partial charge in [-0.15, -0.1) is 0 Å². The van der Waals surface area contributed by atoms with Crippen molar-refractivity contribution in [3.8, 4) is 5.75 Å². The molecule has 3 N–H and O–H groups in total. The zero-order valence-corrected chi connectivity index (χ0v) is 21.6. The second kappa shape index (κ2) is 19.1. The van der Waals surface area contributed by atoms with Crippen LogP contribution in [-0.2, 0) is 25.7 Å². The van der Waals surface area contributed by atoms with Crippen LogP contribution < -0.4 is 15.8 Å². The summed E-state index contributed by atoms with van der Waals surface area (Å²) in [6.07, 6.45) is 1.40. The molecule has 2 rings (SSSR count). The number of nitro groups is 1. The van der Waals surface area contributed by atoms with E-state index >= 15 is 0 Å². The van der Waals surface area contributed by atoms with Gasteiger partial charge in [0.25, 0.3) is 5.69 Å². The van der Waals surface area contributed by atoms with Gasteiger partial charge < -0.3 is 24.7 Å². The van der Waals surface area contributed by atoms with E-state index in [4.69, 9.17) is 19.0 Å². The summed E-state index contributed by atoms with van der Waals surface area (Å²) in [4.78, 5) is 30.9. The quantitative estimate of drug-likeness (QED) is 0.103.